The number of urea groups is 1. The fraction of sp³-hybridized carbons (Fsp3) is 0.429. The van der Waals surface area contributed by atoms with Crippen LogP contribution in [0.4, 0.5) is 9.18 Å². The quantitative estimate of drug-likeness (QED) is 0.445. The van der Waals surface area contributed by atoms with Crippen LogP contribution in [0.5, 0.6) is 5.75 Å². The summed E-state index contributed by atoms with van der Waals surface area (Å²) in [4.78, 5) is 35.9. The van der Waals surface area contributed by atoms with Crippen LogP contribution >= 0.6 is 0 Å². The molecule has 5 rings (SSSR count). The van der Waals surface area contributed by atoms with E-state index in [9.17, 15) is 14.7 Å². The van der Waals surface area contributed by atoms with Crippen LogP contribution in [0.2, 0.25) is 0 Å². The molecule has 0 radical (unpaired) electrons. The molecule has 3 atom stereocenters. The largest absolute Gasteiger partial charge is 0.494 e. The smallest absolute Gasteiger partial charge is 0.328 e. The van der Waals surface area contributed by atoms with Crippen LogP contribution in [-0.4, -0.2) is 82.2 Å². The zero-order valence-electron chi connectivity index (χ0n) is 21.3. The van der Waals surface area contributed by atoms with Gasteiger partial charge in [0.1, 0.15) is 11.6 Å². The van der Waals surface area contributed by atoms with Gasteiger partial charge in [-0.15, -0.1) is 6.42 Å². The molecule has 3 heterocycles. The molecule has 2 aromatic rings. The first-order valence-electron chi connectivity index (χ1n) is 12.4. The number of aliphatic hydroxyl groups is 1. The molecule has 3 amide bonds. The van der Waals surface area contributed by atoms with Gasteiger partial charge in [0.05, 0.1) is 19.8 Å². The van der Waals surface area contributed by atoms with Crippen LogP contribution < -0.4 is 4.74 Å². The van der Waals surface area contributed by atoms with Gasteiger partial charge in [-0.2, -0.15) is 0 Å². The lowest BCUT2D eigenvalue weighted by Gasteiger charge is -2.43. The van der Waals surface area contributed by atoms with E-state index in [1.807, 2.05) is 24.1 Å². The van der Waals surface area contributed by atoms with Gasteiger partial charge in [0, 0.05) is 36.1 Å². The number of halogens is 1. The highest BCUT2D eigenvalue weighted by atomic mass is 19.1. The highest BCUT2D eigenvalue weighted by Gasteiger charge is 2.60. The fourth-order valence-corrected chi connectivity index (χ4v) is 5.86. The first kappa shape index (κ1) is 25.1. The number of nitrogens with zero attached hydrogens (tertiary/aromatic N) is 3. The molecule has 1 aromatic heterocycles. The maximum atomic E-state index is 15.5. The first-order chi connectivity index (χ1) is 17.7. The number of carbonyl (C=O) groups is 2. The lowest BCUT2D eigenvalue weighted by atomic mass is 9.80. The van der Waals surface area contributed by atoms with Gasteiger partial charge in [-0.1, -0.05) is 24.1 Å². The van der Waals surface area contributed by atoms with E-state index < -0.39 is 29.5 Å². The second kappa shape index (κ2) is 9.36. The third-order valence-corrected chi connectivity index (χ3v) is 7.62. The number of rotatable bonds is 7. The molecule has 1 aliphatic carbocycles. The van der Waals surface area contributed by atoms with Crippen molar-refractivity contribution in [3.8, 4) is 18.1 Å². The van der Waals surface area contributed by atoms with Crippen molar-refractivity contribution in [2.24, 2.45) is 0 Å². The summed E-state index contributed by atoms with van der Waals surface area (Å²) in [6, 6.07) is 2.20. The van der Waals surface area contributed by atoms with E-state index >= 15 is 4.39 Å². The molecule has 37 heavy (non-hydrogen) atoms. The van der Waals surface area contributed by atoms with Crippen LogP contribution in [0.25, 0.3) is 10.9 Å². The standard InChI is InChI=1S/C28H31FN4O4/c1-5-12-31(3)13-7-14-32-26(35)28(2)16-19-22-20(10-11-21(37-4)23(22)29)30-24(19)25(33(28)27(32)36)17-8-6-9-18(34)15-17/h1,6,8,10-11,15,18,25,30,34H,7,9,12-14,16H2,2-4H3/t18?,25-,28+/m1/s1. The molecule has 194 valence electrons. The molecule has 2 N–H and O–H groups in total. The van der Waals surface area contributed by atoms with Crippen LogP contribution in [-0.2, 0) is 11.2 Å². The van der Waals surface area contributed by atoms with Gasteiger partial charge in [-0.25, -0.2) is 9.18 Å². The van der Waals surface area contributed by atoms with Crippen molar-refractivity contribution in [2.45, 2.75) is 43.9 Å². The SMILES string of the molecule is C#CCN(C)CCCN1C(=O)N2[C@H](C3=CC(O)CC=C3)c3[nH]c4ccc(OC)c(F)c4c3C[C@@]2(C)C1=O. The van der Waals surface area contributed by atoms with E-state index in [1.165, 1.54) is 12.0 Å². The Kier molecular flexibility index (Phi) is 6.34. The van der Waals surface area contributed by atoms with Gasteiger partial charge in [-0.05, 0) is 50.1 Å². The Morgan fingerprint density at radius 1 is 1.38 bits per heavy atom. The normalized spacial score (nSPS) is 24.9. The molecule has 0 spiro atoms. The zero-order valence-corrected chi connectivity index (χ0v) is 21.3. The molecule has 8 nitrogen and oxygen atoms in total. The average molecular weight is 507 g/mol. The summed E-state index contributed by atoms with van der Waals surface area (Å²) in [5.41, 5.74) is 1.30. The van der Waals surface area contributed by atoms with Gasteiger partial charge >= 0.3 is 6.03 Å². The Morgan fingerprint density at radius 3 is 2.86 bits per heavy atom. The third kappa shape index (κ3) is 3.92. The molecular weight excluding hydrogens is 475 g/mol. The number of hydrogen-bond acceptors (Lipinski definition) is 5. The number of aromatic nitrogens is 1. The van der Waals surface area contributed by atoms with E-state index in [-0.39, 0.29) is 24.6 Å². The van der Waals surface area contributed by atoms with Gasteiger partial charge in [0.15, 0.2) is 11.6 Å². The van der Waals surface area contributed by atoms with Crippen LogP contribution in [0.1, 0.15) is 37.1 Å². The highest BCUT2D eigenvalue weighted by Crippen LogP contribution is 2.50. The minimum atomic E-state index is -1.22. The van der Waals surface area contributed by atoms with Crippen molar-refractivity contribution >= 4 is 22.8 Å². The topological polar surface area (TPSA) is 89.1 Å². The summed E-state index contributed by atoms with van der Waals surface area (Å²) < 4.78 is 20.8. The van der Waals surface area contributed by atoms with Gasteiger partial charge in [0.2, 0.25) is 0 Å². The molecular formula is C28H31FN4O4. The van der Waals surface area contributed by atoms with Crippen molar-refractivity contribution in [3.05, 3.63) is 53.0 Å². The number of carbonyl (C=O) groups excluding carboxylic acids is 2. The Bertz CT molecular complexity index is 1370. The van der Waals surface area contributed by atoms with Crippen molar-refractivity contribution in [1.29, 1.82) is 0 Å². The van der Waals surface area contributed by atoms with Crippen molar-refractivity contribution in [3.63, 3.8) is 0 Å². The number of aliphatic hydroxyl groups excluding tert-OH is 1. The van der Waals surface area contributed by atoms with Crippen molar-refractivity contribution in [1.82, 2.24) is 19.7 Å². The number of fused-ring (bicyclic) bond motifs is 4. The number of benzene rings is 1. The summed E-state index contributed by atoms with van der Waals surface area (Å²) in [5, 5.41) is 10.7. The predicted octanol–water partition coefficient (Wildman–Crippen LogP) is 3.14. The minimum Gasteiger partial charge on any atom is -0.494 e. The van der Waals surface area contributed by atoms with Gasteiger partial charge in [0.25, 0.3) is 5.91 Å². The summed E-state index contributed by atoms with van der Waals surface area (Å²) in [6.07, 6.45) is 11.3. The van der Waals surface area contributed by atoms with E-state index in [1.54, 1.807) is 30.0 Å². The second-order valence-electron chi connectivity index (χ2n) is 10.2. The van der Waals surface area contributed by atoms with E-state index in [2.05, 4.69) is 10.9 Å². The molecule has 1 saturated heterocycles. The fourth-order valence-electron chi connectivity index (χ4n) is 5.86. The molecule has 1 aromatic carbocycles. The Hall–Kier alpha value is -3.61. The van der Waals surface area contributed by atoms with E-state index in [0.717, 1.165) is 0 Å². The molecule has 0 bridgehead atoms. The third-order valence-electron chi connectivity index (χ3n) is 7.62. The molecule has 2 aliphatic heterocycles. The lowest BCUT2D eigenvalue weighted by molar-refractivity contribution is -0.133. The Labute approximate surface area is 215 Å². The summed E-state index contributed by atoms with van der Waals surface area (Å²) in [7, 11) is 3.30. The lowest BCUT2D eigenvalue weighted by Crippen LogP contribution is -2.53. The molecule has 1 fully saturated rings. The summed E-state index contributed by atoms with van der Waals surface area (Å²) >= 11 is 0. The number of aromatic amines is 1. The monoisotopic (exact) mass is 506 g/mol. The van der Waals surface area contributed by atoms with Crippen LogP contribution in [0.15, 0.2) is 35.9 Å². The molecule has 1 unspecified atom stereocenters. The summed E-state index contributed by atoms with van der Waals surface area (Å²) in [5.74, 6) is 1.87. The van der Waals surface area contributed by atoms with Crippen LogP contribution in [0, 0.1) is 18.2 Å². The van der Waals surface area contributed by atoms with Crippen molar-refractivity contribution < 1.29 is 23.8 Å². The van der Waals surface area contributed by atoms with Crippen LogP contribution in [0.3, 0.4) is 0 Å². The van der Waals surface area contributed by atoms with Crippen molar-refractivity contribution in [2.75, 3.05) is 33.8 Å². The Morgan fingerprint density at radius 2 is 2.16 bits per heavy atom. The average Bonchev–Trinajstić information content (AvgIpc) is 3.31. The van der Waals surface area contributed by atoms with E-state index in [0.29, 0.717) is 53.7 Å². The second-order valence-corrected chi connectivity index (χ2v) is 10.2. The minimum absolute atomic E-state index is 0.108. The number of methoxy groups -OCH3 is 1. The zero-order chi connectivity index (χ0) is 26.5. The number of imide groups is 1. The highest BCUT2D eigenvalue weighted by molar-refractivity contribution is 6.08. The predicted molar refractivity (Wildman–Crippen MR) is 137 cm³/mol. The number of terminal acetylenes is 1. The number of amides is 3. The number of nitrogens with one attached hydrogen (secondary N) is 1. The molecule has 0 saturated carbocycles. The number of ether oxygens (including phenoxy) is 1. The number of hydrogen-bond donors (Lipinski definition) is 2. The summed E-state index contributed by atoms with van der Waals surface area (Å²) in [6.45, 7) is 3.11. The maximum absolute atomic E-state index is 15.5. The Balaban J connectivity index is 1.61. The van der Waals surface area contributed by atoms with Gasteiger partial charge in [-0.3, -0.25) is 19.5 Å². The van der Waals surface area contributed by atoms with Gasteiger partial charge < -0.3 is 14.8 Å². The molecule has 9 heteroatoms. The first-order valence-corrected chi connectivity index (χ1v) is 12.4. The number of H-pyrrole nitrogens is 1. The maximum Gasteiger partial charge on any atom is 0.328 e. The molecule has 3 aliphatic rings. The van der Waals surface area contributed by atoms with E-state index in [4.69, 9.17) is 11.2 Å².